The number of thiazole rings is 1. The Labute approximate surface area is 126 Å². The van der Waals surface area contributed by atoms with Crippen LogP contribution in [0.1, 0.15) is 29.5 Å². The number of aromatic nitrogens is 1. The molecule has 0 spiro atoms. The molecule has 21 heavy (non-hydrogen) atoms. The predicted molar refractivity (Wildman–Crippen MR) is 81.9 cm³/mol. The minimum absolute atomic E-state index is 0.220. The summed E-state index contributed by atoms with van der Waals surface area (Å²) in [4.78, 5) is 18.2. The summed E-state index contributed by atoms with van der Waals surface area (Å²) in [5, 5.41) is 3.13. The lowest BCUT2D eigenvalue weighted by Gasteiger charge is -2.20. The lowest BCUT2D eigenvalue weighted by atomic mass is 10.2. The van der Waals surface area contributed by atoms with Crippen molar-refractivity contribution in [1.82, 2.24) is 4.98 Å². The third kappa shape index (κ3) is 3.19. The van der Waals surface area contributed by atoms with E-state index in [1.807, 2.05) is 5.38 Å². The summed E-state index contributed by atoms with van der Waals surface area (Å²) in [6, 6.07) is 5.86. The second kappa shape index (κ2) is 5.77. The number of hydrogen-bond donors (Lipinski definition) is 0. The highest BCUT2D eigenvalue weighted by Gasteiger charge is 2.27. The molecule has 1 aromatic carbocycles. The fourth-order valence-electron chi connectivity index (χ4n) is 2.10. The predicted octanol–water partition coefficient (Wildman–Crippen LogP) is 3.88. The van der Waals surface area contributed by atoms with E-state index in [1.165, 1.54) is 31.1 Å². The van der Waals surface area contributed by atoms with E-state index < -0.39 is 0 Å². The normalized spacial score (nSPS) is 14.0. The van der Waals surface area contributed by atoms with Crippen LogP contribution in [0.15, 0.2) is 42.3 Å². The molecule has 1 aliphatic rings. The summed E-state index contributed by atoms with van der Waals surface area (Å²) in [6.45, 7) is 3.90. The quantitative estimate of drug-likeness (QED) is 0.785. The molecule has 3 rings (SSSR count). The summed E-state index contributed by atoms with van der Waals surface area (Å²) in [5.41, 5.74) is 1.50. The van der Waals surface area contributed by atoms with Gasteiger partial charge in [-0.2, -0.15) is 0 Å². The number of amides is 1. The molecule has 3 nitrogen and oxygen atoms in total. The molecule has 0 atom stereocenters. The van der Waals surface area contributed by atoms with E-state index in [4.69, 9.17) is 0 Å². The van der Waals surface area contributed by atoms with Crippen LogP contribution in [0, 0.1) is 5.82 Å². The van der Waals surface area contributed by atoms with E-state index in [0.717, 1.165) is 10.7 Å². The van der Waals surface area contributed by atoms with Crippen molar-refractivity contribution >= 4 is 22.9 Å². The van der Waals surface area contributed by atoms with Gasteiger partial charge in [0.25, 0.3) is 5.91 Å². The molecule has 0 unspecified atom stereocenters. The molecule has 1 heterocycles. The molecule has 5 heteroatoms. The molecule has 1 aromatic heterocycles. The molecule has 0 N–H and O–H groups in total. The van der Waals surface area contributed by atoms with Gasteiger partial charge in [-0.15, -0.1) is 11.3 Å². The van der Waals surface area contributed by atoms with E-state index in [2.05, 4.69) is 11.6 Å². The highest BCUT2D eigenvalue weighted by Crippen LogP contribution is 2.41. The van der Waals surface area contributed by atoms with Gasteiger partial charge < -0.3 is 4.90 Å². The van der Waals surface area contributed by atoms with Crippen LogP contribution in [0.2, 0.25) is 0 Å². The van der Waals surface area contributed by atoms with Crippen molar-refractivity contribution in [2.45, 2.75) is 25.3 Å². The summed E-state index contributed by atoms with van der Waals surface area (Å²) in [7, 11) is 0. The number of carbonyl (C=O) groups is 1. The third-order valence-electron chi connectivity index (χ3n) is 3.40. The Morgan fingerprint density at radius 3 is 2.76 bits per heavy atom. The summed E-state index contributed by atoms with van der Waals surface area (Å²) in [6.07, 6.45) is 3.68. The zero-order valence-corrected chi connectivity index (χ0v) is 12.3. The Morgan fingerprint density at radius 2 is 2.14 bits per heavy atom. The molecule has 0 radical (unpaired) electrons. The molecule has 0 saturated heterocycles. The summed E-state index contributed by atoms with van der Waals surface area (Å²) >= 11 is 1.64. The van der Waals surface area contributed by atoms with Crippen LogP contribution in [0.5, 0.6) is 0 Å². The van der Waals surface area contributed by atoms with Gasteiger partial charge >= 0.3 is 0 Å². The Hall–Kier alpha value is -2.01. The molecule has 108 valence electrons. The Bertz CT molecular complexity index is 661. The molecular formula is C16H15FN2OS. The number of nitrogens with zero attached hydrogens (tertiary/aromatic N) is 2. The van der Waals surface area contributed by atoms with Gasteiger partial charge in [0.05, 0.1) is 17.2 Å². The molecule has 2 aromatic rings. The first-order chi connectivity index (χ1) is 10.2. The Balaban J connectivity index is 1.82. The highest BCUT2D eigenvalue weighted by molar-refractivity contribution is 7.09. The van der Waals surface area contributed by atoms with Crippen LogP contribution in [-0.2, 0) is 11.3 Å². The van der Waals surface area contributed by atoms with Crippen LogP contribution in [0.4, 0.5) is 10.1 Å². The first kappa shape index (κ1) is 13.9. The Kier molecular flexibility index (Phi) is 3.84. The van der Waals surface area contributed by atoms with Crippen LogP contribution in [0.3, 0.4) is 0 Å². The second-order valence-electron chi connectivity index (χ2n) is 5.06. The maximum atomic E-state index is 13.0. The summed E-state index contributed by atoms with van der Waals surface area (Å²) in [5.74, 6) is 0.0649. The molecular weight excluding hydrogens is 287 g/mol. The molecule has 0 aliphatic heterocycles. The van der Waals surface area contributed by atoms with Gasteiger partial charge in [-0.3, -0.25) is 4.79 Å². The van der Waals surface area contributed by atoms with Gasteiger partial charge in [-0.1, -0.05) is 6.58 Å². The first-order valence-electron chi connectivity index (χ1n) is 6.81. The SMILES string of the molecule is C=CC(=O)N(Cc1csc(C2CC2)n1)c1ccc(F)cc1. The van der Waals surface area contributed by atoms with Crippen molar-refractivity contribution in [2.24, 2.45) is 0 Å². The van der Waals surface area contributed by atoms with E-state index in [-0.39, 0.29) is 11.7 Å². The molecule has 1 fully saturated rings. The van der Waals surface area contributed by atoms with Crippen LogP contribution in [-0.4, -0.2) is 10.9 Å². The smallest absolute Gasteiger partial charge is 0.250 e. The number of carbonyl (C=O) groups excluding carboxylic acids is 1. The fraction of sp³-hybridized carbons (Fsp3) is 0.250. The lowest BCUT2D eigenvalue weighted by Crippen LogP contribution is -2.28. The van der Waals surface area contributed by atoms with Gasteiger partial charge in [0, 0.05) is 17.0 Å². The van der Waals surface area contributed by atoms with Crippen LogP contribution < -0.4 is 4.90 Å². The van der Waals surface area contributed by atoms with Crippen molar-refractivity contribution in [3.8, 4) is 0 Å². The van der Waals surface area contributed by atoms with E-state index in [1.54, 1.807) is 28.4 Å². The zero-order valence-electron chi connectivity index (χ0n) is 11.5. The largest absolute Gasteiger partial charge is 0.303 e. The molecule has 1 amide bonds. The monoisotopic (exact) mass is 302 g/mol. The van der Waals surface area contributed by atoms with Gasteiger partial charge in [-0.25, -0.2) is 9.37 Å². The fourth-order valence-corrected chi connectivity index (χ4v) is 3.08. The maximum Gasteiger partial charge on any atom is 0.250 e. The van der Waals surface area contributed by atoms with Crippen molar-refractivity contribution < 1.29 is 9.18 Å². The Morgan fingerprint density at radius 1 is 1.43 bits per heavy atom. The molecule has 0 bridgehead atoms. The topological polar surface area (TPSA) is 33.2 Å². The first-order valence-corrected chi connectivity index (χ1v) is 7.69. The molecule has 1 aliphatic carbocycles. The number of benzene rings is 1. The van der Waals surface area contributed by atoms with Gasteiger partial charge in [0.15, 0.2) is 0 Å². The van der Waals surface area contributed by atoms with Crippen molar-refractivity contribution in [2.75, 3.05) is 4.90 Å². The van der Waals surface area contributed by atoms with Crippen molar-refractivity contribution in [3.63, 3.8) is 0 Å². The number of anilines is 1. The van der Waals surface area contributed by atoms with Crippen molar-refractivity contribution in [3.05, 3.63) is 58.8 Å². The van der Waals surface area contributed by atoms with Crippen molar-refractivity contribution in [1.29, 1.82) is 0 Å². The minimum atomic E-state index is -0.325. The summed E-state index contributed by atoms with van der Waals surface area (Å²) < 4.78 is 13.0. The lowest BCUT2D eigenvalue weighted by molar-refractivity contribution is -0.114. The zero-order chi connectivity index (χ0) is 14.8. The average molecular weight is 302 g/mol. The van der Waals surface area contributed by atoms with E-state index in [9.17, 15) is 9.18 Å². The van der Waals surface area contributed by atoms with E-state index >= 15 is 0 Å². The average Bonchev–Trinajstić information content (AvgIpc) is 3.25. The molecule has 1 saturated carbocycles. The number of hydrogen-bond acceptors (Lipinski definition) is 3. The van der Waals surface area contributed by atoms with Crippen LogP contribution in [0.25, 0.3) is 0 Å². The van der Waals surface area contributed by atoms with Gasteiger partial charge in [0.2, 0.25) is 0 Å². The highest BCUT2D eigenvalue weighted by atomic mass is 32.1. The minimum Gasteiger partial charge on any atom is -0.303 e. The van der Waals surface area contributed by atoms with Gasteiger partial charge in [0.1, 0.15) is 5.82 Å². The second-order valence-corrected chi connectivity index (χ2v) is 5.95. The number of rotatable bonds is 5. The maximum absolute atomic E-state index is 13.0. The van der Waals surface area contributed by atoms with E-state index in [0.29, 0.717) is 18.2 Å². The number of halogens is 1. The third-order valence-corrected chi connectivity index (χ3v) is 4.45. The standard InChI is InChI=1S/C16H15FN2OS/c1-2-15(20)19(14-7-5-12(17)6-8-14)9-13-10-21-16(18-13)11-3-4-11/h2,5-8,10-11H,1,3-4,9H2. The van der Waals surface area contributed by atoms with Crippen LogP contribution >= 0.6 is 11.3 Å². The van der Waals surface area contributed by atoms with Gasteiger partial charge in [-0.05, 0) is 43.2 Å².